The number of carbonyl (C=O) groups is 2. The molecule has 1 fully saturated rings. The van der Waals surface area contributed by atoms with Crippen LogP contribution in [0, 0.1) is 12.8 Å². The Morgan fingerprint density at radius 1 is 1.23 bits per heavy atom. The van der Waals surface area contributed by atoms with Crippen LogP contribution < -0.4 is 9.64 Å². The maximum absolute atomic E-state index is 12.9. The van der Waals surface area contributed by atoms with Crippen LogP contribution >= 0.6 is 11.3 Å². The van der Waals surface area contributed by atoms with E-state index in [9.17, 15) is 9.59 Å². The number of imide groups is 1. The number of amides is 2. The van der Waals surface area contributed by atoms with Gasteiger partial charge in [0.25, 0.3) is 0 Å². The molecule has 3 aromatic rings. The first-order valence-corrected chi connectivity index (χ1v) is 9.24. The molecule has 2 amide bonds. The molecule has 0 saturated carbocycles. The number of nitrogens with zero attached hydrogens (tertiary/aromatic N) is 2. The van der Waals surface area contributed by atoms with Crippen LogP contribution in [0.2, 0.25) is 0 Å². The second kappa shape index (κ2) is 6.53. The van der Waals surface area contributed by atoms with Crippen LogP contribution in [0.25, 0.3) is 10.2 Å². The Balaban J connectivity index is 1.61. The van der Waals surface area contributed by atoms with E-state index in [-0.39, 0.29) is 24.2 Å². The molecule has 1 atom stereocenters. The Morgan fingerprint density at radius 3 is 2.85 bits per heavy atom. The maximum Gasteiger partial charge on any atom is 0.239 e. The molecule has 1 aliphatic rings. The van der Waals surface area contributed by atoms with Crippen LogP contribution in [0.4, 0.5) is 5.13 Å². The molecule has 26 heavy (non-hydrogen) atoms. The number of rotatable bonds is 4. The molecule has 0 N–H and O–H groups in total. The normalized spacial score (nSPS) is 17.3. The van der Waals surface area contributed by atoms with Crippen molar-refractivity contribution in [2.24, 2.45) is 5.92 Å². The second-order valence-corrected chi connectivity index (χ2v) is 7.50. The van der Waals surface area contributed by atoms with E-state index in [1.807, 2.05) is 43.3 Å². The zero-order valence-electron chi connectivity index (χ0n) is 14.6. The fourth-order valence-corrected chi connectivity index (χ4v) is 4.27. The number of ether oxygens (including phenoxy) is 1. The lowest BCUT2D eigenvalue weighted by Gasteiger charge is -2.11. The highest BCUT2D eigenvalue weighted by Crippen LogP contribution is 2.35. The van der Waals surface area contributed by atoms with Crippen LogP contribution in [0.15, 0.2) is 42.5 Å². The Morgan fingerprint density at radius 2 is 2.08 bits per heavy atom. The minimum Gasteiger partial charge on any atom is -0.497 e. The average molecular weight is 366 g/mol. The minimum absolute atomic E-state index is 0.164. The summed E-state index contributed by atoms with van der Waals surface area (Å²) in [6, 6.07) is 13.6. The molecule has 1 aromatic heterocycles. The summed E-state index contributed by atoms with van der Waals surface area (Å²) in [4.78, 5) is 31.1. The van der Waals surface area contributed by atoms with Gasteiger partial charge in [-0.1, -0.05) is 41.2 Å². The van der Waals surface area contributed by atoms with Gasteiger partial charge in [-0.15, -0.1) is 0 Å². The molecule has 0 bridgehead atoms. The monoisotopic (exact) mass is 366 g/mol. The van der Waals surface area contributed by atoms with Gasteiger partial charge in [0.2, 0.25) is 11.8 Å². The number of hydrogen-bond donors (Lipinski definition) is 0. The van der Waals surface area contributed by atoms with Gasteiger partial charge in [0.15, 0.2) is 5.13 Å². The fraction of sp³-hybridized carbons (Fsp3) is 0.250. The average Bonchev–Trinajstić information content (AvgIpc) is 3.14. The van der Waals surface area contributed by atoms with Gasteiger partial charge in [0.1, 0.15) is 5.75 Å². The molecule has 4 rings (SSSR count). The van der Waals surface area contributed by atoms with Crippen molar-refractivity contribution in [3.05, 3.63) is 53.6 Å². The standard InChI is InChI=1S/C20H18N2O3S/c1-12-4-3-5-13(8-12)9-14-10-18(23)22(19(14)24)20-21-16-11-15(25-2)6-7-17(16)26-20/h3-8,11,14H,9-10H2,1-2H3/t14-/m0/s1. The van der Waals surface area contributed by atoms with E-state index in [1.54, 1.807) is 7.11 Å². The molecular formula is C20H18N2O3S. The number of carbonyl (C=O) groups excluding carboxylic acids is 2. The fourth-order valence-electron chi connectivity index (χ4n) is 3.30. The van der Waals surface area contributed by atoms with Gasteiger partial charge >= 0.3 is 0 Å². The van der Waals surface area contributed by atoms with Gasteiger partial charge in [-0.25, -0.2) is 9.88 Å². The van der Waals surface area contributed by atoms with Crippen molar-refractivity contribution in [2.45, 2.75) is 19.8 Å². The first-order chi connectivity index (χ1) is 12.5. The van der Waals surface area contributed by atoms with Crippen molar-refractivity contribution in [1.82, 2.24) is 4.98 Å². The van der Waals surface area contributed by atoms with Gasteiger partial charge in [0.05, 0.1) is 23.2 Å². The van der Waals surface area contributed by atoms with E-state index >= 15 is 0 Å². The lowest BCUT2D eigenvalue weighted by Crippen LogP contribution is -2.30. The number of anilines is 1. The first-order valence-electron chi connectivity index (χ1n) is 8.42. The molecule has 2 heterocycles. The quantitative estimate of drug-likeness (QED) is 0.660. The molecule has 6 heteroatoms. The van der Waals surface area contributed by atoms with Crippen molar-refractivity contribution >= 4 is 38.5 Å². The highest BCUT2D eigenvalue weighted by atomic mass is 32.1. The van der Waals surface area contributed by atoms with Crippen LogP contribution in [0.3, 0.4) is 0 Å². The number of fused-ring (bicyclic) bond motifs is 1. The van der Waals surface area contributed by atoms with Crippen molar-refractivity contribution in [1.29, 1.82) is 0 Å². The Kier molecular flexibility index (Phi) is 4.20. The molecular weight excluding hydrogens is 348 g/mol. The van der Waals surface area contributed by atoms with Crippen LogP contribution in [0.5, 0.6) is 5.75 Å². The smallest absolute Gasteiger partial charge is 0.239 e. The summed E-state index contributed by atoms with van der Waals surface area (Å²) in [5.41, 5.74) is 2.95. The van der Waals surface area contributed by atoms with Crippen LogP contribution in [-0.2, 0) is 16.0 Å². The zero-order chi connectivity index (χ0) is 18.3. The molecule has 0 aliphatic carbocycles. The van der Waals surface area contributed by atoms with E-state index in [2.05, 4.69) is 11.1 Å². The van der Waals surface area contributed by atoms with E-state index in [1.165, 1.54) is 16.2 Å². The van der Waals surface area contributed by atoms with Gasteiger partial charge in [-0.05, 0) is 31.0 Å². The SMILES string of the molecule is COc1ccc2sc(N3C(=O)C[C@H](Cc4cccc(C)c4)C3=O)nc2c1. The molecule has 0 spiro atoms. The molecule has 2 aromatic carbocycles. The number of aromatic nitrogens is 1. The minimum atomic E-state index is -0.328. The summed E-state index contributed by atoms with van der Waals surface area (Å²) in [5.74, 6) is 0.0257. The predicted octanol–water partition coefficient (Wildman–Crippen LogP) is 3.74. The third-order valence-electron chi connectivity index (χ3n) is 4.58. The molecule has 5 nitrogen and oxygen atoms in total. The topological polar surface area (TPSA) is 59.5 Å². The van der Waals surface area contributed by atoms with Crippen molar-refractivity contribution in [3.8, 4) is 5.75 Å². The molecule has 132 valence electrons. The third-order valence-corrected chi connectivity index (χ3v) is 5.60. The number of thiazole rings is 1. The van der Waals surface area contributed by atoms with Crippen LogP contribution in [-0.4, -0.2) is 23.9 Å². The summed E-state index contributed by atoms with van der Waals surface area (Å²) in [5, 5.41) is 0.440. The molecule has 1 aliphatic heterocycles. The molecule has 0 radical (unpaired) electrons. The van der Waals surface area contributed by atoms with Gasteiger partial charge in [0, 0.05) is 12.5 Å². The first kappa shape index (κ1) is 16.7. The number of hydrogen-bond acceptors (Lipinski definition) is 5. The lowest BCUT2D eigenvalue weighted by atomic mass is 9.97. The Bertz CT molecular complexity index is 1010. The highest BCUT2D eigenvalue weighted by molar-refractivity contribution is 7.22. The molecule has 1 saturated heterocycles. The van der Waals surface area contributed by atoms with Crippen molar-refractivity contribution < 1.29 is 14.3 Å². The second-order valence-electron chi connectivity index (χ2n) is 6.49. The Labute approximate surface area is 155 Å². The summed E-state index contributed by atoms with van der Waals surface area (Å²) < 4.78 is 6.13. The van der Waals surface area contributed by atoms with Gasteiger partial charge in [-0.3, -0.25) is 9.59 Å². The summed E-state index contributed by atoms with van der Waals surface area (Å²) in [6.45, 7) is 2.02. The summed E-state index contributed by atoms with van der Waals surface area (Å²) in [6.07, 6.45) is 0.799. The molecule has 0 unspecified atom stereocenters. The maximum atomic E-state index is 12.9. The number of aryl methyl sites for hydroxylation is 1. The third kappa shape index (κ3) is 2.97. The van der Waals surface area contributed by atoms with Crippen molar-refractivity contribution in [2.75, 3.05) is 12.0 Å². The number of benzene rings is 2. The number of methoxy groups -OCH3 is 1. The van der Waals surface area contributed by atoms with E-state index < -0.39 is 0 Å². The van der Waals surface area contributed by atoms with Gasteiger partial charge in [-0.2, -0.15) is 0 Å². The van der Waals surface area contributed by atoms with Gasteiger partial charge < -0.3 is 4.74 Å². The largest absolute Gasteiger partial charge is 0.497 e. The predicted molar refractivity (Wildman–Crippen MR) is 102 cm³/mol. The van der Waals surface area contributed by atoms with Crippen LogP contribution in [0.1, 0.15) is 17.5 Å². The Hall–Kier alpha value is -2.73. The summed E-state index contributed by atoms with van der Waals surface area (Å²) in [7, 11) is 1.60. The van der Waals surface area contributed by atoms with E-state index in [4.69, 9.17) is 4.74 Å². The van der Waals surface area contributed by atoms with E-state index in [0.29, 0.717) is 17.3 Å². The summed E-state index contributed by atoms with van der Waals surface area (Å²) >= 11 is 1.35. The highest BCUT2D eigenvalue weighted by Gasteiger charge is 2.40. The lowest BCUT2D eigenvalue weighted by molar-refractivity contribution is -0.122. The zero-order valence-corrected chi connectivity index (χ0v) is 15.4. The van der Waals surface area contributed by atoms with E-state index in [0.717, 1.165) is 21.3 Å². The van der Waals surface area contributed by atoms with Crippen molar-refractivity contribution in [3.63, 3.8) is 0 Å².